The van der Waals surface area contributed by atoms with Crippen LogP contribution in [0.3, 0.4) is 0 Å². The van der Waals surface area contributed by atoms with E-state index in [0.717, 1.165) is 6.42 Å². The van der Waals surface area contributed by atoms with Crippen LogP contribution in [0.2, 0.25) is 0 Å². The third-order valence-corrected chi connectivity index (χ3v) is 3.81. The van der Waals surface area contributed by atoms with Crippen LogP contribution < -0.4 is 5.32 Å². The van der Waals surface area contributed by atoms with Gasteiger partial charge in [-0.15, -0.1) is 0 Å². The highest BCUT2D eigenvalue weighted by atomic mass is 19.4. The number of nitrogens with zero attached hydrogens (tertiary/aromatic N) is 1. The number of hydrogen-bond donors (Lipinski definition) is 1. The summed E-state index contributed by atoms with van der Waals surface area (Å²) in [4.78, 5) is 12.3. The summed E-state index contributed by atoms with van der Waals surface area (Å²) in [5.41, 5.74) is 0. The van der Waals surface area contributed by atoms with Gasteiger partial charge < -0.3 is 10.2 Å². The smallest absolute Gasteiger partial charge is 0.340 e. The second kappa shape index (κ2) is 5.09. The molecule has 2 fully saturated rings. The van der Waals surface area contributed by atoms with Gasteiger partial charge in [0.25, 0.3) is 0 Å². The third-order valence-electron chi connectivity index (χ3n) is 3.81. The Bertz CT molecular complexity index is 352. The molecule has 2 aliphatic heterocycles. The zero-order valence-electron chi connectivity index (χ0n) is 10.4. The average molecular weight is 304 g/mol. The van der Waals surface area contributed by atoms with Gasteiger partial charge in [-0.25, -0.2) is 0 Å². The molecular weight excluding hydrogens is 290 g/mol. The van der Waals surface area contributed by atoms with E-state index in [4.69, 9.17) is 0 Å². The Balaban J connectivity index is 2.13. The van der Waals surface area contributed by atoms with Gasteiger partial charge in [0.05, 0.1) is 0 Å². The standard InChI is InChI=1S/C11H14F6N2O/c12-10(13,14)8(11(15,16)17)9(20)19-4-6-2-1-3-18-7(6)5-19/h6-8,18H,1-5H2. The van der Waals surface area contributed by atoms with Crippen molar-refractivity contribution in [2.45, 2.75) is 31.2 Å². The third kappa shape index (κ3) is 3.02. The molecule has 2 aliphatic rings. The Morgan fingerprint density at radius 1 is 1.10 bits per heavy atom. The lowest BCUT2D eigenvalue weighted by Gasteiger charge is -2.26. The molecule has 0 aromatic carbocycles. The number of fused-ring (bicyclic) bond motifs is 1. The van der Waals surface area contributed by atoms with E-state index in [1.165, 1.54) is 0 Å². The van der Waals surface area contributed by atoms with Crippen molar-refractivity contribution in [1.82, 2.24) is 10.2 Å². The fourth-order valence-electron chi connectivity index (χ4n) is 2.87. The summed E-state index contributed by atoms with van der Waals surface area (Å²) >= 11 is 0. The molecule has 0 bridgehead atoms. The molecule has 9 heteroatoms. The number of hydrogen-bond acceptors (Lipinski definition) is 2. The van der Waals surface area contributed by atoms with Crippen molar-refractivity contribution >= 4 is 5.91 Å². The molecule has 0 aliphatic carbocycles. The highest BCUT2D eigenvalue weighted by Crippen LogP contribution is 2.41. The molecule has 0 aromatic heterocycles. The molecule has 1 amide bonds. The minimum Gasteiger partial charge on any atom is -0.340 e. The number of carbonyl (C=O) groups is 1. The molecule has 0 radical (unpaired) electrons. The van der Waals surface area contributed by atoms with Crippen molar-refractivity contribution in [3.05, 3.63) is 0 Å². The fraction of sp³-hybridized carbons (Fsp3) is 0.909. The molecule has 0 spiro atoms. The Morgan fingerprint density at radius 2 is 1.70 bits per heavy atom. The summed E-state index contributed by atoms with van der Waals surface area (Å²) in [6, 6.07) is -0.199. The van der Waals surface area contributed by atoms with E-state index < -0.39 is 24.2 Å². The molecule has 0 saturated carbocycles. The van der Waals surface area contributed by atoms with Crippen molar-refractivity contribution < 1.29 is 31.1 Å². The number of rotatable bonds is 1. The summed E-state index contributed by atoms with van der Waals surface area (Å²) in [5, 5.41) is 3.03. The number of alkyl halides is 6. The zero-order valence-corrected chi connectivity index (χ0v) is 10.4. The van der Waals surface area contributed by atoms with Gasteiger partial charge in [-0.1, -0.05) is 0 Å². The second-order valence-corrected chi connectivity index (χ2v) is 5.22. The van der Waals surface area contributed by atoms with Crippen LogP contribution in [-0.4, -0.2) is 48.8 Å². The summed E-state index contributed by atoms with van der Waals surface area (Å²) in [7, 11) is 0. The molecule has 20 heavy (non-hydrogen) atoms. The molecule has 2 rings (SSSR count). The number of likely N-dealkylation sites (tertiary alicyclic amines) is 1. The highest BCUT2D eigenvalue weighted by molar-refractivity contribution is 5.80. The van der Waals surface area contributed by atoms with Gasteiger partial charge in [-0.3, -0.25) is 4.79 Å². The van der Waals surface area contributed by atoms with Gasteiger partial charge in [0, 0.05) is 19.1 Å². The van der Waals surface area contributed by atoms with Crippen LogP contribution >= 0.6 is 0 Å². The molecule has 2 unspecified atom stereocenters. The first kappa shape index (κ1) is 15.4. The summed E-state index contributed by atoms with van der Waals surface area (Å²) in [5.74, 6) is -5.87. The van der Waals surface area contributed by atoms with Crippen LogP contribution in [0.4, 0.5) is 26.3 Å². The molecule has 2 atom stereocenters. The monoisotopic (exact) mass is 304 g/mol. The average Bonchev–Trinajstić information content (AvgIpc) is 2.68. The number of nitrogens with one attached hydrogen (secondary N) is 1. The Labute approximate surface area is 111 Å². The van der Waals surface area contributed by atoms with Gasteiger partial charge in [-0.05, 0) is 25.3 Å². The number of carbonyl (C=O) groups excluding carboxylic acids is 1. The van der Waals surface area contributed by atoms with Crippen LogP contribution in [0.1, 0.15) is 12.8 Å². The van der Waals surface area contributed by atoms with Crippen molar-refractivity contribution in [2.75, 3.05) is 19.6 Å². The normalized spacial score (nSPS) is 27.9. The first-order valence-corrected chi connectivity index (χ1v) is 6.26. The first-order valence-electron chi connectivity index (χ1n) is 6.26. The van der Waals surface area contributed by atoms with E-state index in [1.54, 1.807) is 0 Å². The minimum absolute atomic E-state index is 0.0425. The SMILES string of the molecule is O=C(C(C(F)(F)F)C(F)(F)F)N1CC2CCCNC2C1. The quantitative estimate of drug-likeness (QED) is 0.751. The molecule has 3 nitrogen and oxygen atoms in total. The summed E-state index contributed by atoms with van der Waals surface area (Å²) < 4.78 is 75.0. The van der Waals surface area contributed by atoms with Crippen molar-refractivity contribution in [3.8, 4) is 0 Å². The van der Waals surface area contributed by atoms with Crippen molar-refractivity contribution in [1.29, 1.82) is 0 Å². The van der Waals surface area contributed by atoms with E-state index in [9.17, 15) is 31.1 Å². The van der Waals surface area contributed by atoms with Gasteiger partial charge in [-0.2, -0.15) is 26.3 Å². The Morgan fingerprint density at radius 3 is 2.20 bits per heavy atom. The summed E-state index contributed by atoms with van der Waals surface area (Å²) in [6.45, 7) is 0.538. The Kier molecular flexibility index (Phi) is 3.92. The fourth-order valence-corrected chi connectivity index (χ4v) is 2.87. The lowest BCUT2D eigenvalue weighted by molar-refractivity contribution is -0.277. The summed E-state index contributed by atoms with van der Waals surface area (Å²) in [6.07, 6.45) is -9.71. The van der Waals surface area contributed by atoms with Gasteiger partial charge in [0.15, 0.2) is 0 Å². The molecule has 2 saturated heterocycles. The number of halogens is 6. The zero-order chi connectivity index (χ0) is 15.1. The molecule has 116 valence electrons. The van der Waals surface area contributed by atoms with E-state index in [1.807, 2.05) is 0 Å². The lowest BCUT2D eigenvalue weighted by Crippen LogP contribution is -2.49. The lowest BCUT2D eigenvalue weighted by atomic mass is 9.94. The predicted molar refractivity (Wildman–Crippen MR) is 56.7 cm³/mol. The van der Waals surface area contributed by atoms with E-state index in [-0.39, 0.29) is 25.0 Å². The number of amides is 1. The van der Waals surface area contributed by atoms with Crippen LogP contribution in [0.5, 0.6) is 0 Å². The molecular formula is C11H14F6N2O. The van der Waals surface area contributed by atoms with E-state index >= 15 is 0 Å². The van der Waals surface area contributed by atoms with Crippen molar-refractivity contribution in [3.63, 3.8) is 0 Å². The van der Waals surface area contributed by atoms with Crippen molar-refractivity contribution in [2.24, 2.45) is 11.8 Å². The highest BCUT2D eigenvalue weighted by Gasteiger charge is 2.62. The molecule has 2 heterocycles. The van der Waals surface area contributed by atoms with Gasteiger partial charge >= 0.3 is 12.4 Å². The van der Waals surface area contributed by atoms with Crippen LogP contribution in [0.15, 0.2) is 0 Å². The van der Waals surface area contributed by atoms with E-state index in [0.29, 0.717) is 17.9 Å². The predicted octanol–water partition coefficient (Wildman–Crippen LogP) is 1.94. The maximum atomic E-state index is 12.5. The maximum absolute atomic E-state index is 12.5. The molecule has 1 N–H and O–H groups in total. The van der Waals surface area contributed by atoms with E-state index in [2.05, 4.69) is 5.32 Å². The number of piperidine rings is 1. The van der Waals surface area contributed by atoms with Crippen LogP contribution in [0.25, 0.3) is 0 Å². The topological polar surface area (TPSA) is 32.3 Å². The Hall–Kier alpha value is -0.990. The largest absolute Gasteiger partial charge is 0.409 e. The molecule has 0 aromatic rings. The van der Waals surface area contributed by atoms with Crippen LogP contribution in [-0.2, 0) is 4.79 Å². The minimum atomic E-state index is -5.61. The second-order valence-electron chi connectivity index (χ2n) is 5.22. The first-order chi connectivity index (χ1) is 9.10. The van der Waals surface area contributed by atoms with Gasteiger partial charge in [0.2, 0.25) is 11.8 Å². The van der Waals surface area contributed by atoms with Crippen LogP contribution in [0, 0.1) is 11.8 Å². The van der Waals surface area contributed by atoms with Gasteiger partial charge in [0.1, 0.15) is 0 Å². The maximum Gasteiger partial charge on any atom is 0.409 e.